The van der Waals surface area contributed by atoms with Gasteiger partial charge in [0, 0.05) is 0 Å². The van der Waals surface area contributed by atoms with Gasteiger partial charge in [-0.15, -0.1) is 0 Å². The van der Waals surface area contributed by atoms with Crippen molar-refractivity contribution < 1.29 is 4.79 Å². The average Bonchev–Trinajstić information content (AvgIpc) is 2.81. The van der Waals surface area contributed by atoms with Gasteiger partial charge in [-0.25, -0.2) is 15.2 Å². The molecule has 116 valence electrons. The third-order valence-corrected chi connectivity index (χ3v) is 4.20. The number of carbonyl (C=O) groups excluding carboxylic acids is 1. The summed E-state index contributed by atoms with van der Waals surface area (Å²) in [4.78, 5) is 12.4. The highest BCUT2D eigenvalue weighted by Gasteiger charge is 2.42. The second-order valence-electron chi connectivity index (χ2n) is 5.62. The second kappa shape index (κ2) is 7.14. The number of amides is 2. The molecule has 0 bridgehead atoms. The summed E-state index contributed by atoms with van der Waals surface area (Å²) in [7, 11) is 0. The molecular formula is C16H24ClN3O. The fourth-order valence-corrected chi connectivity index (χ4v) is 2.90. The number of para-hydroxylation sites is 1. The number of urea groups is 1. The predicted molar refractivity (Wildman–Crippen MR) is 87.4 cm³/mol. The van der Waals surface area contributed by atoms with Gasteiger partial charge in [0.05, 0.1) is 10.7 Å². The molecule has 0 aromatic heterocycles. The Labute approximate surface area is 131 Å². The number of carbonyl (C=O) groups is 1. The van der Waals surface area contributed by atoms with Crippen LogP contribution in [-0.2, 0) is 0 Å². The van der Waals surface area contributed by atoms with Crippen molar-refractivity contribution in [3.63, 3.8) is 0 Å². The normalized spacial score (nSPS) is 17.1. The first-order chi connectivity index (χ1) is 10.1. The van der Waals surface area contributed by atoms with Crippen LogP contribution in [0.5, 0.6) is 0 Å². The summed E-state index contributed by atoms with van der Waals surface area (Å²) in [6, 6.07) is 7.26. The Morgan fingerprint density at radius 2 is 1.76 bits per heavy atom. The maximum absolute atomic E-state index is 12.4. The van der Waals surface area contributed by atoms with Crippen molar-refractivity contribution in [3.8, 4) is 0 Å². The van der Waals surface area contributed by atoms with Crippen LogP contribution < -0.4 is 15.8 Å². The fourth-order valence-electron chi connectivity index (χ4n) is 2.67. The van der Waals surface area contributed by atoms with E-state index in [1.165, 1.54) is 0 Å². The molecule has 1 saturated heterocycles. The Morgan fingerprint density at radius 1 is 1.14 bits per heavy atom. The Balaban J connectivity index is 2.19. The second-order valence-corrected chi connectivity index (χ2v) is 6.03. The molecule has 0 aliphatic carbocycles. The lowest BCUT2D eigenvalue weighted by Crippen LogP contribution is -2.51. The highest BCUT2D eigenvalue weighted by atomic mass is 35.5. The number of rotatable bonds is 7. The van der Waals surface area contributed by atoms with Gasteiger partial charge in [0.15, 0.2) is 0 Å². The van der Waals surface area contributed by atoms with Gasteiger partial charge in [-0.1, -0.05) is 50.4 Å². The zero-order valence-corrected chi connectivity index (χ0v) is 13.5. The fraction of sp³-hybridized carbons (Fsp3) is 0.562. The summed E-state index contributed by atoms with van der Waals surface area (Å²) < 4.78 is 0. The Morgan fingerprint density at radius 3 is 2.33 bits per heavy atom. The summed E-state index contributed by atoms with van der Waals surface area (Å²) in [6.07, 6.45) is 6.22. The van der Waals surface area contributed by atoms with Gasteiger partial charge in [0.25, 0.3) is 0 Å². The SMILES string of the molecule is CCCCC1(CCCC)NC(=O)N(c2ccccc2Cl)N1. The summed E-state index contributed by atoms with van der Waals surface area (Å²) in [6.45, 7) is 4.33. The third kappa shape index (κ3) is 3.69. The summed E-state index contributed by atoms with van der Waals surface area (Å²) in [5.41, 5.74) is 3.72. The van der Waals surface area contributed by atoms with E-state index in [-0.39, 0.29) is 11.7 Å². The van der Waals surface area contributed by atoms with E-state index in [1.54, 1.807) is 11.1 Å². The minimum absolute atomic E-state index is 0.129. The highest BCUT2D eigenvalue weighted by molar-refractivity contribution is 6.33. The van der Waals surface area contributed by atoms with Crippen LogP contribution in [0.3, 0.4) is 0 Å². The molecular weight excluding hydrogens is 286 g/mol. The number of anilines is 1. The van der Waals surface area contributed by atoms with Gasteiger partial charge >= 0.3 is 6.03 Å². The number of nitrogens with one attached hydrogen (secondary N) is 2. The lowest BCUT2D eigenvalue weighted by molar-refractivity contribution is 0.238. The first kappa shape index (κ1) is 16.1. The molecule has 0 unspecified atom stereocenters. The van der Waals surface area contributed by atoms with Crippen LogP contribution in [0, 0.1) is 0 Å². The number of hydrogen-bond acceptors (Lipinski definition) is 2. The predicted octanol–water partition coefficient (Wildman–Crippen LogP) is 4.45. The van der Waals surface area contributed by atoms with Crippen LogP contribution in [0.2, 0.25) is 5.02 Å². The molecule has 1 heterocycles. The minimum Gasteiger partial charge on any atom is -0.317 e. The number of hydrogen-bond donors (Lipinski definition) is 2. The topological polar surface area (TPSA) is 44.4 Å². The van der Waals surface area contributed by atoms with Crippen LogP contribution in [0.1, 0.15) is 52.4 Å². The van der Waals surface area contributed by atoms with Crippen LogP contribution in [0.15, 0.2) is 24.3 Å². The first-order valence-electron chi connectivity index (χ1n) is 7.76. The number of hydrazine groups is 1. The van der Waals surface area contributed by atoms with E-state index < -0.39 is 0 Å². The Hall–Kier alpha value is -1.26. The minimum atomic E-state index is -0.345. The zero-order valence-electron chi connectivity index (χ0n) is 12.8. The molecule has 0 atom stereocenters. The van der Waals surface area contributed by atoms with Gasteiger partial charge < -0.3 is 5.32 Å². The van der Waals surface area contributed by atoms with E-state index in [0.29, 0.717) is 10.7 Å². The highest BCUT2D eigenvalue weighted by Crippen LogP contribution is 2.30. The summed E-state index contributed by atoms with van der Waals surface area (Å²) >= 11 is 6.21. The quantitative estimate of drug-likeness (QED) is 0.781. The molecule has 1 aliphatic heterocycles. The maximum Gasteiger partial charge on any atom is 0.338 e. The molecule has 2 N–H and O–H groups in total. The largest absolute Gasteiger partial charge is 0.338 e. The van der Waals surface area contributed by atoms with Crippen molar-refractivity contribution >= 4 is 23.3 Å². The molecule has 5 heteroatoms. The molecule has 2 amide bonds. The van der Waals surface area contributed by atoms with E-state index >= 15 is 0 Å². The lowest BCUT2D eigenvalue weighted by atomic mass is 9.97. The lowest BCUT2D eigenvalue weighted by Gasteiger charge is -2.29. The zero-order chi connectivity index (χ0) is 15.3. The van der Waals surface area contributed by atoms with E-state index in [2.05, 4.69) is 24.6 Å². The molecule has 0 radical (unpaired) electrons. The van der Waals surface area contributed by atoms with Crippen molar-refractivity contribution in [3.05, 3.63) is 29.3 Å². The number of nitrogens with zero attached hydrogens (tertiary/aromatic N) is 1. The van der Waals surface area contributed by atoms with Crippen molar-refractivity contribution in [1.82, 2.24) is 10.7 Å². The van der Waals surface area contributed by atoms with E-state index in [0.717, 1.165) is 38.5 Å². The Kier molecular flexibility index (Phi) is 5.48. The van der Waals surface area contributed by atoms with Crippen molar-refractivity contribution in [1.29, 1.82) is 0 Å². The monoisotopic (exact) mass is 309 g/mol. The van der Waals surface area contributed by atoms with Crippen LogP contribution in [-0.4, -0.2) is 11.7 Å². The van der Waals surface area contributed by atoms with Crippen LogP contribution in [0.4, 0.5) is 10.5 Å². The third-order valence-electron chi connectivity index (χ3n) is 3.88. The van der Waals surface area contributed by atoms with Gasteiger partial charge in [0.2, 0.25) is 0 Å². The smallest absolute Gasteiger partial charge is 0.317 e. The molecule has 21 heavy (non-hydrogen) atoms. The molecule has 1 fully saturated rings. The van der Waals surface area contributed by atoms with Crippen LogP contribution in [0.25, 0.3) is 0 Å². The standard InChI is InChI=1S/C16H24ClN3O/c1-3-5-11-16(12-6-4-2)18-15(21)20(19-16)14-10-8-7-9-13(14)17/h7-10,19H,3-6,11-12H2,1-2H3,(H,18,21). The molecule has 4 nitrogen and oxygen atoms in total. The average molecular weight is 310 g/mol. The number of benzene rings is 1. The van der Waals surface area contributed by atoms with Crippen molar-refractivity contribution in [2.75, 3.05) is 5.01 Å². The summed E-state index contributed by atoms with van der Waals surface area (Å²) in [5, 5.41) is 5.25. The van der Waals surface area contributed by atoms with Gasteiger partial charge in [-0.2, -0.15) is 0 Å². The van der Waals surface area contributed by atoms with Crippen molar-refractivity contribution in [2.45, 2.75) is 58.0 Å². The Bertz CT molecular complexity index is 484. The van der Waals surface area contributed by atoms with Gasteiger partial charge in [-0.05, 0) is 37.8 Å². The van der Waals surface area contributed by atoms with Gasteiger partial charge in [-0.3, -0.25) is 0 Å². The summed E-state index contributed by atoms with van der Waals surface area (Å²) in [5.74, 6) is 0. The van der Waals surface area contributed by atoms with E-state index in [1.807, 2.05) is 18.2 Å². The van der Waals surface area contributed by atoms with E-state index in [9.17, 15) is 4.79 Å². The molecule has 1 aromatic rings. The maximum atomic E-state index is 12.4. The number of halogens is 1. The number of unbranched alkanes of at least 4 members (excludes halogenated alkanes) is 2. The molecule has 1 aliphatic rings. The molecule has 1 aromatic carbocycles. The molecule has 0 saturated carbocycles. The molecule has 0 spiro atoms. The first-order valence-corrected chi connectivity index (χ1v) is 8.14. The van der Waals surface area contributed by atoms with Crippen molar-refractivity contribution in [2.24, 2.45) is 0 Å². The van der Waals surface area contributed by atoms with Gasteiger partial charge in [0.1, 0.15) is 5.66 Å². The van der Waals surface area contributed by atoms with E-state index in [4.69, 9.17) is 11.6 Å². The van der Waals surface area contributed by atoms with Crippen LogP contribution >= 0.6 is 11.6 Å². The molecule has 2 rings (SSSR count).